The zero-order valence-corrected chi connectivity index (χ0v) is 13.5. The number of carbonyl (C=O) groups excluding carboxylic acids is 1. The maximum absolute atomic E-state index is 11.6. The van der Waals surface area contributed by atoms with Crippen molar-refractivity contribution in [2.45, 2.75) is 46.6 Å². The molecule has 0 amide bonds. The summed E-state index contributed by atoms with van der Waals surface area (Å²) in [4.78, 5) is 14.1. The first-order valence-electron chi connectivity index (χ1n) is 8.09. The van der Waals surface area contributed by atoms with Crippen molar-refractivity contribution in [3.05, 3.63) is 29.3 Å². The van der Waals surface area contributed by atoms with E-state index >= 15 is 0 Å². The summed E-state index contributed by atoms with van der Waals surface area (Å²) in [6.07, 6.45) is 3.84. The molecular formula is C18H27NO2. The van der Waals surface area contributed by atoms with Gasteiger partial charge in [-0.15, -0.1) is 0 Å². The van der Waals surface area contributed by atoms with Gasteiger partial charge in [0, 0.05) is 17.7 Å². The number of nitrogens with zero attached hydrogens (tertiary/aromatic N) is 1. The van der Waals surface area contributed by atoms with E-state index in [1.807, 2.05) is 25.1 Å². The number of benzene rings is 1. The molecule has 1 aliphatic rings. The van der Waals surface area contributed by atoms with Gasteiger partial charge in [0.05, 0.1) is 6.61 Å². The highest BCUT2D eigenvalue weighted by atomic mass is 16.5. The number of hydrogen-bond donors (Lipinski definition) is 0. The van der Waals surface area contributed by atoms with Crippen LogP contribution < -0.4 is 4.74 Å². The molecule has 1 fully saturated rings. The number of ether oxygens (including phenoxy) is 1. The zero-order valence-electron chi connectivity index (χ0n) is 13.5. The molecule has 0 N–H and O–H groups in total. The van der Waals surface area contributed by atoms with Gasteiger partial charge < -0.3 is 4.74 Å². The Morgan fingerprint density at radius 1 is 1.33 bits per heavy atom. The van der Waals surface area contributed by atoms with Crippen LogP contribution in [0.3, 0.4) is 0 Å². The third-order valence-corrected chi connectivity index (χ3v) is 4.27. The molecule has 0 radical (unpaired) electrons. The second-order valence-electron chi connectivity index (χ2n) is 6.12. The molecule has 0 bridgehead atoms. The van der Waals surface area contributed by atoms with Gasteiger partial charge in [-0.05, 0) is 70.3 Å². The van der Waals surface area contributed by atoms with E-state index in [-0.39, 0.29) is 5.78 Å². The number of rotatable bonds is 5. The number of Topliss-reactive ketones (excluding diaryl/α,β-unsaturated/α-hetero) is 1. The Balaban J connectivity index is 2.15. The van der Waals surface area contributed by atoms with E-state index in [9.17, 15) is 4.79 Å². The van der Waals surface area contributed by atoms with Crippen LogP contribution in [0.2, 0.25) is 0 Å². The highest BCUT2D eigenvalue weighted by Gasteiger charge is 2.16. The summed E-state index contributed by atoms with van der Waals surface area (Å²) in [7, 11) is 0. The van der Waals surface area contributed by atoms with Gasteiger partial charge in [-0.2, -0.15) is 0 Å². The molecule has 0 saturated carbocycles. The van der Waals surface area contributed by atoms with Crippen LogP contribution in [0.4, 0.5) is 0 Å². The molecule has 116 valence electrons. The van der Waals surface area contributed by atoms with Crippen LogP contribution in [0, 0.1) is 5.92 Å². The van der Waals surface area contributed by atoms with Crippen molar-refractivity contribution in [2.75, 3.05) is 19.7 Å². The average molecular weight is 289 g/mol. The average Bonchev–Trinajstić information content (AvgIpc) is 2.66. The summed E-state index contributed by atoms with van der Waals surface area (Å²) in [6.45, 7) is 9.76. The molecule has 1 unspecified atom stereocenters. The van der Waals surface area contributed by atoms with E-state index in [0.717, 1.165) is 42.4 Å². The number of likely N-dealkylation sites (tertiary alicyclic amines) is 1. The van der Waals surface area contributed by atoms with Crippen LogP contribution in [0.15, 0.2) is 18.2 Å². The minimum absolute atomic E-state index is 0.115. The Bertz CT molecular complexity index is 484. The minimum Gasteiger partial charge on any atom is -0.494 e. The van der Waals surface area contributed by atoms with Crippen LogP contribution in [-0.2, 0) is 6.54 Å². The van der Waals surface area contributed by atoms with E-state index in [1.54, 1.807) is 6.92 Å². The Kier molecular flexibility index (Phi) is 5.80. The molecule has 21 heavy (non-hydrogen) atoms. The molecule has 1 atom stereocenters. The van der Waals surface area contributed by atoms with Crippen molar-refractivity contribution in [3.63, 3.8) is 0 Å². The Morgan fingerprint density at radius 2 is 2.14 bits per heavy atom. The molecule has 1 aliphatic heterocycles. The van der Waals surface area contributed by atoms with Gasteiger partial charge in [-0.1, -0.05) is 6.92 Å². The van der Waals surface area contributed by atoms with Gasteiger partial charge >= 0.3 is 0 Å². The third-order valence-electron chi connectivity index (χ3n) is 4.27. The topological polar surface area (TPSA) is 29.5 Å². The summed E-state index contributed by atoms with van der Waals surface area (Å²) in [5.74, 6) is 1.86. The monoisotopic (exact) mass is 289 g/mol. The fraction of sp³-hybridized carbons (Fsp3) is 0.611. The summed E-state index contributed by atoms with van der Waals surface area (Å²) in [6, 6.07) is 5.80. The number of hydrogen-bond acceptors (Lipinski definition) is 3. The van der Waals surface area contributed by atoms with Crippen molar-refractivity contribution >= 4 is 5.78 Å². The summed E-state index contributed by atoms with van der Waals surface area (Å²) >= 11 is 0. The largest absolute Gasteiger partial charge is 0.494 e. The van der Waals surface area contributed by atoms with Crippen molar-refractivity contribution in [2.24, 2.45) is 5.92 Å². The summed E-state index contributed by atoms with van der Waals surface area (Å²) in [5.41, 5.74) is 1.91. The lowest BCUT2D eigenvalue weighted by Gasteiger charge is -2.22. The molecule has 1 aromatic carbocycles. The predicted molar refractivity (Wildman–Crippen MR) is 85.9 cm³/mol. The highest BCUT2D eigenvalue weighted by Crippen LogP contribution is 2.24. The summed E-state index contributed by atoms with van der Waals surface area (Å²) in [5, 5.41) is 0. The molecule has 3 nitrogen and oxygen atoms in total. The molecule has 1 saturated heterocycles. The fourth-order valence-corrected chi connectivity index (χ4v) is 2.94. The van der Waals surface area contributed by atoms with Crippen LogP contribution in [0.5, 0.6) is 5.75 Å². The second-order valence-corrected chi connectivity index (χ2v) is 6.12. The number of ketones is 1. The van der Waals surface area contributed by atoms with Crippen molar-refractivity contribution < 1.29 is 9.53 Å². The normalized spacial score (nSPS) is 20.0. The molecule has 1 heterocycles. The fourth-order valence-electron chi connectivity index (χ4n) is 2.94. The molecule has 0 spiro atoms. The van der Waals surface area contributed by atoms with E-state index in [4.69, 9.17) is 4.74 Å². The predicted octanol–water partition coefficient (Wildman–Crippen LogP) is 3.91. The quantitative estimate of drug-likeness (QED) is 0.770. The van der Waals surface area contributed by atoms with Gasteiger partial charge in [0.1, 0.15) is 5.75 Å². The zero-order chi connectivity index (χ0) is 15.2. The molecule has 1 aromatic rings. The smallest absolute Gasteiger partial charge is 0.159 e. The first kappa shape index (κ1) is 16.0. The lowest BCUT2D eigenvalue weighted by molar-refractivity contribution is 0.101. The third kappa shape index (κ3) is 4.57. The minimum atomic E-state index is 0.115. The van der Waals surface area contributed by atoms with E-state index in [1.165, 1.54) is 19.3 Å². The van der Waals surface area contributed by atoms with E-state index < -0.39 is 0 Å². The molecule has 3 heteroatoms. The van der Waals surface area contributed by atoms with Gasteiger partial charge in [-0.25, -0.2) is 0 Å². The van der Waals surface area contributed by atoms with Crippen LogP contribution >= 0.6 is 0 Å². The number of carbonyl (C=O) groups is 1. The lowest BCUT2D eigenvalue weighted by atomic mass is 10.0. The molecule has 2 rings (SSSR count). The van der Waals surface area contributed by atoms with Gasteiger partial charge in [0.15, 0.2) is 5.78 Å². The van der Waals surface area contributed by atoms with Crippen molar-refractivity contribution in [1.29, 1.82) is 0 Å². The molecular weight excluding hydrogens is 262 g/mol. The highest BCUT2D eigenvalue weighted by molar-refractivity contribution is 5.94. The van der Waals surface area contributed by atoms with Crippen molar-refractivity contribution in [3.8, 4) is 5.75 Å². The van der Waals surface area contributed by atoms with E-state index in [0.29, 0.717) is 6.61 Å². The van der Waals surface area contributed by atoms with Crippen LogP contribution in [-0.4, -0.2) is 30.4 Å². The second kappa shape index (κ2) is 7.60. The molecule has 0 aromatic heterocycles. The Labute approximate surface area is 128 Å². The van der Waals surface area contributed by atoms with Gasteiger partial charge in [0.2, 0.25) is 0 Å². The Hall–Kier alpha value is -1.35. The molecule has 0 aliphatic carbocycles. The standard InChI is InChI=1S/C18H27NO2/c1-4-21-18-8-7-16(15(3)20)12-17(18)13-19-10-5-6-14(2)9-11-19/h7-8,12,14H,4-6,9-11,13H2,1-3H3. The maximum atomic E-state index is 11.6. The first-order chi connectivity index (χ1) is 10.1. The SMILES string of the molecule is CCOc1ccc(C(C)=O)cc1CN1CCCC(C)CC1. The van der Waals surface area contributed by atoms with Crippen molar-refractivity contribution in [1.82, 2.24) is 4.90 Å². The maximum Gasteiger partial charge on any atom is 0.159 e. The van der Waals surface area contributed by atoms with E-state index in [2.05, 4.69) is 11.8 Å². The van der Waals surface area contributed by atoms with Crippen LogP contribution in [0.1, 0.15) is 56.0 Å². The summed E-state index contributed by atoms with van der Waals surface area (Å²) < 4.78 is 5.73. The van der Waals surface area contributed by atoms with Crippen LogP contribution in [0.25, 0.3) is 0 Å². The van der Waals surface area contributed by atoms with Gasteiger partial charge in [-0.3, -0.25) is 9.69 Å². The first-order valence-corrected chi connectivity index (χ1v) is 8.09. The Morgan fingerprint density at radius 3 is 2.86 bits per heavy atom. The van der Waals surface area contributed by atoms with Gasteiger partial charge in [0.25, 0.3) is 0 Å². The lowest BCUT2D eigenvalue weighted by Crippen LogP contribution is -2.24.